The zero-order valence-corrected chi connectivity index (χ0v) is 10.4. The molecule has 0 aromatic carbocycles. The molecule has 0 aromatic heterocycles. The van der Waals surface area contributed by atoms with Gasteiger partial charge in [0.05, 0.1) is 10.4 Å². The molecule has 0 fully saturated rings. The summed E-state index contributed by atoms with van der Waals surface area (Å²) in [4.78, 5) is 13.5. The van der Waals surface area contributed by atoms with E-state index >= 15 is 0 Å². The fourth-order valence-corrected chi connectivity index (χ4v) is 1.34. The third-order valence-electron chi connectivity index (χ3n) is 2.32. The summed E-state index contributed by atoms with van der Waals surface area (Å²) < 4.78 is 0. The molecule has 0 amide bonds. The number of rotatable bonds is 7. The van der Waals surface area contributed by atoms with Crippen LogP contribution in [0.15, 0.2) is 0 Å². The van der Waals surface area contributed by atoms with Gasteiger partial charge in [-0.1, -0.05) is 19.1 Å². The smallest absolute Gasteiger partial charge is 0.310 e. The number of carboxylic acid groups (broad SMARTS) is 1. The maximum Gasteiger partial charge on any atom is 0.310 e. The van der Waals surface area contributed by atoms with Gasteiger partial charge in [-0.25, -0.2) is 0 Å². The third-order valence-corrected chi connectivity index (χ3v) is 2.52. The normalized spacial score (nSPS) is 11.7. The number of thiocarbonyl (C=S) groups is 1. The Bertz CT molecular complexity index is 242. The summed E-state index contributed by atoms with van der Waals surface area (Å²) in [6.45, 7) is 7.48. The summed E-state index contributed by atoms with van der Waals surface area (Å²) in [5.41, 5.74) is 4.68. The van der Waals surface area contributed by atoms with E-state index in [1.165, 1.54) is 0 Å². The molecule has 0 unspecified atom stereocenters. The van der Waals surface area contributed by atoms with E-state index in [0.29, 0.717) is 18.0 Å². The van der Waals surface area contributed by atoms with E-state index in [-0.39, 0.29) is 0 Å². The molecule has 0 radical (unpaired) electrons. The molecule has 3 N–H and O–H groups in total. The fourth-order valence-electron chi connectivity index (χ4n) is 1.24. The second kappa shape index (κ2) is 6.02. The van der Waals surface area contributed by atoms with Crippen molar-refractivity contribution in [3.63, 3.8) is 0 Å². The van der Waals surface area contributed by atoms with Crippen LogP contribution in [0.4, 0.5) is 0 Å². The average Bonchev–Trinajstić information content (AvgIpc) is 2.11. The Hall–Kier alpha value is -0.680. The molecular formula is C10H20N2O2S. The van der Waals surface area contributed by atoms with Crippen LogP contribution in [0.2, 0.25) is 0 Å². The predicted octanol–water partition coefficient (Wildman–Crippen LogP) is 1.10. The minimum absolute atomic E-state index is 0.474. The molecule has 88 valence electrons. The lowest BCUT2D eigenvalue weighted by Gasteiger charge is -2.28. The molecule has 4 nitrogen and oxygen atoms in total. The van der Waals surface area contributed by atoms with Gasteiger partial charge in [-0.15, -0.1) is 0 Å². The Morgan fingerprint density at radius 1 is 1.53 bits per heavy atom. The zero-order chi connectivity index (χ0) is 12.1. The first-order valence-corrected chi connectivity index (χ1v) is 5.44. The molecule has 5 heteroatoms. The first-order valence-electron chi connectivity index (χ1n) is 5.03. The molecule has 0 aliphatic rings. The average molecular weight is 232 g/mol. The van der Waals surface area contributed by atoms with Crippen LogP contribution in [-0.4, -0.2) is 40.6 Å². The van der Waals surface area contributed by atoms with Gasteiger partial charge >= 0.3 is 5.97 Å². The van der Waals surface area contributed by atoms with Crippen molar-refractivity contribution in [3.8, 4) is 0 Å². The van der Waals surface area contributed by atoms with E-state index in [1.807, 2.05) is 11.8 Å². The van der Waals surface area contributed by atoms with Gasteiger partial charge < -0.3 is 15.7 Å². The summed E-state index contributed by atoms with van der Waals surface area (Å²) >= 11 is 4.79. The zero-order valence-electron chi connectivity index (χ0n) is 9.62. The van der Waals surface area contributed by atoms with Crippen molar-refractivity contribution in [3.05, 3.63) is 0 Å². The molecule has 0 aromatic rings. The topological polar surface area (TPSA) is 66.6 Å². The summed E-state index contributed by atoms with van der Waals surface area (Å²) in [5, 5.41) is 8.99. The molecule has 0 aliphatic heterocycles. The van der Waals surface area contributed by atoms with Crippen LogP contribution in [-0.2, 0) is 4.79 Å². The van der Waals surface area contributed by atoms with Crippen molar-refractivity contribution in [2.45, 2.75) is 27.2 Å². The molecule has 0 spiro atoms. The van der Waals surface area contributed by atoms with Gasteiger partial charge in [0.1, 0.15) is 0 Å². The van der Waals surface area contributed by atoms with Gasteiger partial charge in [-0.05, 0) is 20.4 Å². The quantitative estimate of drug-likeness (QED) is 0.643. The van der Waals surface area contributed by atoms with Crippen molar-refractivity contribution in [2.75, 3.05) is 19.6 Å². The van der Waals surface area contributed by atoms with Gasteiger partial charge in [0.2, 0.25) is 0 Å². The van der Waals surface area contributed by atoms with Gasteiger partial charge in [0.15, 0.2) is 0 Å². The molecule has 0 atom stereocenters. The number of hydrogen-bond acceptors (Lipinski definition) is 3. The number of carboxylic acids is 1. The Kier molecular flexibility index (Phi) is 5.75. The molecule has 0 aliphatic carbocycles. The number of aliphatic carboxylic acids is 1. The predicted molar refractivity (Wildman–Crippen MR) is 64.9 cm³/mol. The number of nitrogens with two attached hydrogens (primary N) is 1. The van der Waals surface area contributed by atoms with Crippen LogP contribution < -0.4 is 5.73 Å². The Morgan fingerprint density at radius 2 is 2.07 bits per heavy atom. The van der Waals surface area contributed by atoms with Crippen LogP contribution in [0.1, 0.15) is 27.2 Å². The summed E-state index contributed by atoms with van der Waals surface area (Å²) in [7, 11) is 0. The van der Waals surface area contributed by atoms with Crippen LogP contribution in [0.5, 0.6) is 0 Å². The first kappa shape index (κ1) is 14.3. The van der Waals surface area contributed by atoms with Crippen LogP contribution in [0.25, 0.3) is 0 Å². The van der Waals surface area contributed by atoms with E-state index < -0.39 is 11.4 Å². The molecule has 15 heavy (non-hydrogen) atoms. The van der Waals surface area contributed by atoms with E-state index in [1.54, 1.807) is 13.8 Å². The lowest BCUT2D eigenvalue weighted by Crippen LogP contribution is -2.40. The second-order valence-electron chi connectivity index (χ2n) is 4.27. The molecule has 0 bridgehead atoms. The van der Waals surface area contributed by atoms with Gasteiger partial charge in [-0.3, -0.25) is 4.79 Å². The van der Waals surface area contributed by atoms with E-state index in [4.69, 9.17) is 23.1 Å². The summed E-state index contributed by atoms with van der Waals surface area (Å²) in [5.74, 6) is -0.781. The van der Waals surface area contributed by atoms with E-state index in [2.05, 4.69) is 0 Å². The van der Waals surface area contributed by atoms with Crippen molar-refractivity contribution < 1.29 is 9.90 Å². The lowest BCUT2D eigenvalue weighted by molar-refractivity contribution is -0.147. The van der Waals surface area contributed by atoms with Crippen molar-refractivity contribution >= 4 is 23.2 Å². The Labute approximate surface area is 96.4 Å². The number of nitrogens with zero attached hydrogens (tertiary/aromatic N) is 1. The highest BCUT2D eigenvalue weighted by Crippen LogP contribution is 2.17. The van der Waals surface area contributed by atoms with Gasteiger partial charge in [-0.2, -0.15) is 0 Å². The monoisotopic (exact) mass is 232 g/mol. The molecular weight excluding hydrogens is 212 g/mol. The van der Waals surface area contributed by atoms with E-state index in [9.17, 15) is 4.79 Å². The van der Waals surface area contributed by atoms with Crippen molar-refractivity contribution in [1.29, 1.82) is 0 Å². The van der Waals surface area contributed by atoms with Crippen LogP contribution in [0, 0.1) is 5.41 Å². The van der Waals surface area contributed by atoms with Crippen molar-refractivity contribution in [1.82, 2.24) is 4.90 Å². The lowest BCUT2D eigenvalue weighted by atomic mass is 9.93. The number of carbonyl (C=O) groups is 1. The summed E-state index contributed by atoms with van der Waals surface area (Å²) in [6, 6.07) is 0. The molecule has 0 heterocycles. The highest BCUT2D eigenvalue weighted by atomic mass is 32.1. The summed E-state index contributed by atoms with van der Waals surface area (Å²) in [6.07, 6.45) is 0.638. The third kappa shape index (κ3) is 5.69. The van der Waals surface area contributed by atoms with E-state index in [0.717, 1.165) is 13.1 Å². The van der Waals surface area contributed by atoms with Gasteiger partial charge in [0, 0.05) is 19.5 Å². The van der Waals surface area contributed by atoms with Crippen LogP contribution in [0.3, 0.4) is 0 Å². The maximum atomic E-state index is 10.9. The highest BCUT2D eigenvalue weighted by molar-refractivity contribution is 7.80. The Morgan fingerprint density at radius 3 is 2.40 bits per heavy atom. The Balaban J connectivity index is 4.20. The maximum absolute atomic E-state index is 10.9. The minimum atomic E-state index is -0.781. The molecule has 0 saturated carbocycles. The number of hydrogen-bond donors (Lipinski definition) is 2. The molecule has 0 rings (SSSR count). The SMILES string of the molecule is CCN(CCC(N)=S)CC(C)(C)C(=O)O. The largest absolute Gasteiger partial charge is 0.481 e. The standard InChI is InChI=1S/C10H20N2O2S/c1-4-12(6-5-8(11)15)7-10(2,3)9(13)14/h4-7H2,1-3H3,(H2,11,15)(H,13,14). The van der Waals surface area contributed by atoms with Gasteiger partial charge in [0.25, 0.3) is 0 Å². The highest BCUT2D eigenvalue weighted by Gasteiger charge is 2.29. The second-order valence-corrected chi connectivity index (χ2v) is 4.80. The van der Waals surface area contributed by atoms with Crippen LogP contribution >= 0.6 is 12.2 Å². The minimum Gasteiger partial charge on any atom is -0.481 e. The fraction of sp³-hybridized carbons (Fsp3) is 0.800. The first-order chi connectivity index (χ1) is 6.79. The molecule has 0 saturated heterocycles. The van der Waals surface area contributed by atoms with Crippen molar-refractivity contribution in [2.24, 2.45) is 11.1 Å².